The number of fused-ring (bicyclic) bond motifs is 3. The summed E-state index contributed by atoms with van der Waals surface area (Å²) in [6.07, 6.45) is 1.78. The van der Waals surface area contributed by atoms with E-state index in [-0.39, 0.29) is 11.9 Å². The first kappa shape index (κ1) is 18.9. The third-order valence-electron chi connectivity index (χ3n) is 5.03. The monoisotopic (exact) mass is 392 g/mol. The van der Waals surface area contributed by atoms with Crippen molar-refractivity contribution in [3.05, 3.63) is 36.3 Å². The molecule has 150 valence electrons. The first-order valence-corrected chi connectivity index (χ1v) is 9.44. The summed E-state index contributed by atoms with van der Waals surface area (Å²) in [5.74, 6) is 0.664. The molecular formula is C20H24N8O. The lowest BCUT2D eigenvalue weighted by Gasteiger charge is -2.11. The number of imidazole rings is 1. The fraction of sp³-hybridized carbons (Fsp3) is 0.300. The van der Waals surface area contributed by atoms with Crippen LogP contribution in [0.2, 0.25) is 0 Å². The third kappa shape index (κ3) is 3.40. The highest BCUT2D eigenvalue weighted by Gasteiger charge is 2.16. The molecule has 29 heavy (non-hydrogen) atoms. The molecule has 4 aromatic heterocycles. The lowest BCUT2D eigenvalue weighted by atomic mass is 10.2. The number of aromatic amines is 1. The molecule has 1 atom stereocenters. The average molecular weight is 392 g/mol. The first-order valence-electron chi connectivity index (χ1n) is 9.44. The Balaban J connectivity index is 1.69. The number of nitrogens with zero attached hydrogens (tertiary/aromatic N) is 4. The van der Waals surface area contributed by atoms with Gasteiger partial charge < -0.3 is 25.5 Å². The molecule has 4 N–H and O–H groups in total. The van der Waals surface area contributed by atoms with Gasteiger partial charge in [0.05, 0.1) is 41.5 Å². The van der Waals surface area contributed by atoms with Crippen molar-refractivity contribution < 1.29 is 4.79 Å². The maximum Gasteiger partial charge on any atom is 0.237 e. The Bertz CT molecular complexity index is 1190. The standard InChI is InChI=1S/C20H24N8O/c1-11(21-2)20(29)23-9-12-6-5-7-14(25-12)15-8-13-17-16(24-10-28(17)4)19(22-3)27-18(13)26-15/h5-8,10-11,21H,9H2,1-4H3,(H,23,29)(H2,22,26,27)/t11-/m1/s1. The van der Waals surface area contributed by atoms with Crippen LogP contribution in [0.25, 0.3) is 33.5 Å². The minimum Gasteiger partial charge on any atom is -0.371 e. The zero-order valence-corrected chi connectivity index (χ0v) is 16.9. The molecule has 0 aliphatic carbocycles. The molecule has 0 spiro atoms. The molecule has 0 radical (unpaired) electrons. The van der Waals surface area contributed by atoms with E-state index in [1.165, 1.54) is 0 Å². The molecule has 0 aliphatic heterocycles. The van der Waals surface area contributed by atoms with Gasteiger partial charge in [0, 0.05) is 19.5 Å². The highest BCUT2D eigenvalue weighted by atomic mass is 16.2. The van der Waals surface area contributed by atoms with E-state index < -0.39 is 0 Å². The Morgan fingerprint density at radius 3 is 2.86 bits per heavy atom. The second kappa shape index (κ2) is 7.51. The Hall–Kier alpha value is -3.46. The van der Waals surface area contributed by atoms with Crippen molar-refractivity contribution in [2.75, 3.05) is 19.4 Å². The zero-order valence-electron chi connectivity index (χ0n) is 16.9. The number of anilines is 1. The van der Waals surface area contributed by atoms with E-state index in [9.17, 15) is 4.79 Å². The molecule has 9 nitrogen and oxygen atoms in total. The minimum absolute atomic E-state index is 0.0623. The van der Waals surface area contributed by atoms with Crippen LogP contribution in [-0.4, -0.2) is 50.5 Å². The number of pyridine rings is 2. The summed E-state index contributed by atoms with van der Waals surface area (Å²) in [6, 6.07) is 7.56. The van der Waals surface area contributed by atoms with E-state index in [1.54, 1.807) is 13.4 Å². The molecule has 0 aliphatic rings. The molecule has 0 unspecified atom stereocenters. The van der Waals surface area contributed by atoms with Gasteiger partial charge in [-0.05, 0) is 32.2 Å². The predicted molar refractivity (Wildman–Crippen MR) is 114 cm³/mol. The predicted octanol–water partition coefficient (Wildman–Crippen LogP) is 1.78. The Labute approximate surface area is 168 Å². The fourth-order valence-corrected chi connectivity index (χ4v) is 3.30. The second-order valence-electron chi connectivity index (χ2n) is 6.95. The molecule has 0 bridgehead atoms. The summed E-state index contributed by atoms with van der Waals surface area (Å²) in [5, 5.41) is 9.91. The molecule has 0 saturated carbocycles. The Kier molecular flexibility index (Phi) is 4.89. The van der Waals surface area contributed by atoms with Gasteiger partial charge in [-0.2, -0.15) is 0 Å². The molecule has 0 fully saturated rings. The lowest BCUT2D eigenvalue weighted by molar-refractivity contribution is -0.122. The number of hydrogen-bond acceptors (Lipinski definition) is 6. The van der Waals surface area contributed by atoms with E-state index in [0.717, 1.165) is 45.0 Å². The van der Waals surface area contributed by atoms with Crippen LogP contribution >= 0.6 is 0 Å². The van der Waals surface area contributed by atoms with Crippen molar-refractivity contribution in [3.8, 4) is 11.4 Å². The number of likely N-dealkylation sites (N-methyl/N-ethyl adjacent to an activating group) is 1. The molecule has 4 heterocycles. The van der Waals surface area contributed by atoms with Gasteiger partial charge in [-0.1, -0.05) is 6.07 Å². The van der Waals surface area contributed by atoms with E-state index in [4.69, 9.17) is 4.98 Å². The van der Waals surface area contributed by atoms with Crippen molar-refractivity contribution in [3.63, 3.8) is 0 Å². The van der Waals surface area contributed by atoms with Gasteiger partial charge in [0.1, 0.15) is 11.2 Å². The first-order chi connectivity index (χ1) is 14.0. The lowest BCUT2D eigenvalue weighted by Crippen LogP contribution is -2.40. The van der Waals surface area contributed by atoms with E-state index >= 15 is 0 Å². The minimum atomic E-state index is -0.249. The number of aromatic nitrogens is 5. The normalized spacial score (nSPS) is 12.4. The van der Waals surface area contributed by atoms with Gasteiger partial charge in [-0.25, -0.2) is 15.0 Å². The maximum absolute atomic E-state index is 12.0. The highest BCUT2D eigenvalue weighted by molar-refractivity contribution is 6.07. The van der Waals surface area contributed by atoms with Crippen LogP contribution in [0, 0.1) is 0 Å². The van der Waals surface area contributed by atoms with Gasteiger partial charge in [-0.3, -0.25) is 4.79 Å². The van der Waals surface area contributed by atoms with E-state index in [0.29, 0.717) is 6.54 Å². The number of nitrogens with one attached hydrogen (secondary N) is 4. The smallest absolute Gasteiger partial charge is 0.237 e. The van der Waals surface area contributed by atoms with Crippen LogP contribution in [0.4, 0.5) is 5.82 Å². The van der Waals surface area contributed by atoms with Gasteiger partial charge in [0.2, 0.25) is 5.91 Å². The van der Waals surface area contributed by atoms with Crippen molar-refractivity contribution in [1.82, 2.24) is 35.1 Å². The quantitative estimate of drug-likeness (QED) is 0.398. The molecule has 0 aromatic carbocycles. The van der Waals surface area contributed by atoms with E-state index in [1.807, 2.05) is 49.9 Å². The molecule has 4 rings (SSSR count). The van der Waals surface area contributed by atoms with Crippen LogP contribution in [0.1, 0.15) is 12.6 Å². The highest BCUT2D eigenvalue weighted by Crippen LogP contribution is 2.31. The summed E-state index contributed by atoms with van der Waals surface area (Å²) in [7, 11) is 5.56. The summed E-state index contributed by atoms with van der Waals surface area (Å²) < 4.78 is 1.99. The summed E-state index contributed by atoms with van der Waals surface area (Å²) in [6.45, 7) is 2.18. The number of hydrogen-bond donors (Lipinski definition) is 4. The van der Waals surface area contributed by atoms with Crippen molar-refractivity contribution >= 4 is 33.8 Å². The van der Waals surface area contributed by atoms with Gasteiger partial charge in [-0.15, -0.1) is 0 Å². The maximum atomic E-state index is 12.0. The van der Waals surface area contributed by atoms with Crippen LogP contribution in [0.3, 0.4) is 0 Å². The van der Waals surface area contributed by atoms with Crippen LogP contribution in [0.5, 0.6) is 0 Å². The van der Waals surface area contributed by atoms with Gasteiger partial charge >= 0.3 is 0 Å². The van der Waals surface area contributed by atoms with Crippen molar-refractivity contribution in [1.29, 1.82) is 0 Å². The van der Waals surface area contributed by atoms with Gasteiger partial charge in [0.25, 0.3) is 0 Å². The summed E-state index contributed by atoms with van der Waals surface area (Å²) in [4.78, 5) is 29.2. The number of amides is 1. The molecular weight excluding hydrogens is 368 g/mol. The van der Waals surface area contributed by atoms with Crippen LogP contribution in [0.15, 0.2) is 30.6 Å². The average Bonchev–Trinajstić information content (AvgIpc) is 3.34. The topological polar surface area (TPSA) is 113 Å². The number of rotatable bonds is 6. The zero-order chi connectivity index (χ0) is 20.5. The van der Waals surface area contributed by atoms with E-state index in [2.05, 4.69) is 30.9 Å². The molecule has 1 amide bonds. The molecule has 4 aromatic rings. The molecule has 0 saturated heterocycles. The summed E-state index contributed by atoms with van der Waals surface area (Å²) in [5.41, 5.74) is 5.04. The Morgan fingerprint density at radius 1 is 1.28 bits per heavy atom. The number of H-pyrrole nitrogens is 1. The van der Waals surface area contributed by atoms with Crippen LogP contribution < -0.4 is 16.0 Å². The SMILES string of the molecule is CNc1nc2[nH]c(-c3cccc(CNC(=O)[C@@H](C)NC)n3)cc2c2c1ncn2C. The fourth-order valence-electron chi connectivity index (χ4n) is 3.30. The third-order valence-corrected chi connectivity index (χ3v) is 5.03. The number of carbonyl (C=O) groups is 1. The van der Waals surface area contributed by atoms with Crippen LogP contribution in [-0.2, 0) is 18.4 Å². The number of carbonyl (C=O) groups excluding carboxylic acids is 1. The Morgan fingerprint density at radius 2 is 2.10 bits per heavy atom. The molecule has 9 heteroatoms. The second-order valence-corrected chi connectivity index (χ2v) is 6.95. The van der Waals surface area contributed by atoms with Gasteiger partial charge in [0.15, 0.2) is 5.82 Å². The van der Waals surface area contributed by atoms with Crippen molar-refractivity contribution in [2.45, 2.75) is 19.5 Å². The largest absolute Gasteiger partial charge is 0.371 e. The number of aryl methyl sites for hydroxylation is 1. The van der Waals surface area contributed by atoms with Crippen molar-refractivity contribution in [2.24, 2.45) is 7.05 Å². The summed E-state index contributed by atoms with van der Waals surface area (Å²) >= 11 is 0.